The Kier molecular flexibility index (Phi) is 5.09. The summed E-state index contributed by atoms with van der Waals surface area (Å²) in [5, 5.41) is 3.31. The minimum Gasteiger partial charge on any atom is -0.384 e. The van der Waals surface area contributed by atoms with Crippen LogP contribution in [-0.4, -0.2) is 49.6 Å². The lowest BCUT2D eigenvalue weighted by molar-refractivity contribution is -0.146. The molecule has 0 saturated carbocycles. The average molecular weight is 277 g/mol. The topological polar surface area (TPSA) is 54.5 Å². The molecular formula is C15H23N3O2. The Balaban J connectivity index is 2.06. The number of ether oxygens (including phenoxy) is 1. The lowest BCUT2D eigenvalue weighted by Gasteiger charge is -2.38. The molecule has 0 spiro atoms. The fourth-order valence-corrected chi connectivity index (χ4v) is 2.84. The fraction of sp³-hybridized carbons (Fsp3) is 0.600. The minimum atomic E-state index is -0.373. The summed E-state index contributed by atoms with van der Waals surface area (Å²) in [5.74, 6) is 0.178. The van der Waals surface area contributed by atoms with Crippen molar-refractivity contribution in [1.82, 2.24) is 15.2 Å². The van der Waals surface area contributed by atoms with Crippen molar-refractivity contribution in [3.63, 3.8) is 0 Å². The van der Waals surface area contributed by atoms with Gasteiger partial charge < -0.3 is 15.0 Å². The van der Waals surface area contributed by atoms with Crippen LogP contribution < -0.4 is 5.32 Å². The summed E-state index contributed by atoms with van der Waals surface area (Å²) in [7, 11) is 3.53. The Morgan fingerprint density at radius 1 is 1.40 bits per heavy atom. The van der Waals surface area contributed by atoms with Crippen LogP contribution in [0.15, 0.2) is 24.5 Å². The number of methoxy groups -OCH3 is 1. The molecule has 1 aliphatic heterocycles. The number of carbonyl (C=O) groups excluding carboxylic acids is 1. The minimum absolute atomic E-state index is 0.178. The van der Waals surface area contributed by atoms with Gasteiger partial charge in [-0.15, -0.1) is 0 Å². The predicted octanol–water partition coefficient (Wildman–Crippen LogP) is 1.06. The first-order valence-electron chi connectivity index (χ1n) is 7.02. The smallest absolute Gasteiger partial charge is 0.231 e. The highest BCUT2D eigenvalue weighted by Gasteiger charge is 2.41. The summed E-state index contributed by atoms with van der Waals surface area (Å²) in [6.45, 7) is 2.85. The van der Waals surface area contributed by atoms with Crippen molar-refractivity contribution in [3.05, 3.63) is 30.1 Å². The van der Waals surface area contributed by atoms with Crippen LogP contribution >= 0.6 is 0 Å². The van der Waals surface area contributed by atoms with Gasteiger partial charge in [0.25, 0.3) is 0 Å². The SMILES string of the molecule is COCC1(C(=O)N(C)Cc2ccncc2)CCNCC1. The Hall–Kier alpha value is -1.46. The number of hydrogen-bond acceptors (Lipinski definition) is 4. The van der Waals surface area contributed by atoms with E-state index >= 15 is 0 Å². The second-order valence-electron chi connectivity index (χ2n) is 5.48. The second kappa shape index (κ2) is 6.81. The summed E-state index contributed by atoms with van der Waals surface area (Å²) >= 11 is 0. The van der Waals surface area contributed by atoms with Gasteiger partial charge in [0, 0.05) is 33.1 Å². The van der Waals surface area contributed by atoms with Gasteiger partial charge in [-0.25, -0.2) is 0 Å². The molecule has 1 amide bonds. The first kappa shape index (κ1) is 14.9. The van der Waals surface area contributed by atoms with Crippen LogP contribution in [0.4, 0.5) is 0 Å². The highest BCUT2D eigenvalue weighted by molar-refractivity contribution is 5.82. The molecule has 1 aliphatic rings. The number of rotatable bonds is 5. The third-order valence-electron chi connectivity index (χ3n) is 3.95. The van der Waals surface area contributed by atoms with Gasteiger partial charge in [0.15, 0.2) is 0 Å². The maximum Gasteiger partial charge on any atom is 0.231 e. The number of carbonyl (C=O) groups is 1. The molecular weight excluding hydrogens is 254 g/mol. The summed E-state index contributed by atoms with van der Waals surface area (Å²) in [6.07, 6.45) is 5.17. The first-order valence-corrected chi connectivity index (χ1v) is 7.02. The van der Waals surface area contributed by atoms with E-state index in [1.165, 1.54) is 0 Å². The van der Waals surface area contributed by atoms with Gasteiger partial charge in [0.1, 0.15) is 0 Å². The Bertz CT molecular complexity index is 424. The molecule has 20 heavy (non-hydrogen) atoms. The molecule has 1 N–H and O–H groups in total. The van der Waals surface area contributed by atoms with Crippen molar-refractivity contribution in [3.8, 4) is 0 Å². The van der Waals surface area contributed by atoms with Gasteiger partial charge in [-0.05, 0) is 43.6 Å². The Labute approximate surface area is 120 Å². The molecule has 0 radical (unpaired) electrons. The van der Waals surface area contributed by atoms with E-state index in [-0.39, 0.29) is 11.3 Å². The molecule has 5 heteroatoms. The third kappa shape index (κ3) is 3.35. The van der Waals surface area contributed by atoms with Crippen LogP contribution in [0.5, 0.6) is 0 Å². The molecule has 1 aromatic heterocycles. The third-order valence-corrected chi connectivity index (χ3v) is 3.95. The maximum atomic E-state index is 12.8. The first-order chi connectivity index (χ1) is 9.68. The zero-order valence-electron chi connectivity index (χ0n) is 12.3. The van der Waals surface area contributed by atoms with E-state index in [4.69, 9.17) is 4.74 Å². The number of pyridine rings is 1. The molecule has 1 fully saturated rings. The van der Waals surface area contributed by atoms with Gasteiger partial charge >= 0.3 is 0 Å². The second-order valence-corrected chi connectivity index (χ2v) is 5.48. The van der Waals surface area contributed by atoms with Gasteiger partial charge in [-0.2, -0.15) is 0 Å². The monoisotopic (exact) mass is 277 g/mol. The van der Waals surface area contributed by atoms with E-state index in [1.807, 2.05) is 19.2 Å². The zero-order chi connectivity index (χ0) is 14.4. The van der Waals surface area contributed by atoms with E-state index in [0.29, 0.717) is 13.2 Å². The molecule has 0 aromatic carbocycles. The molecule has 0 bridgehead atoms. The molecule has 0 unspecified atom stereocenters. The van der Waals surface area contributed by atoms with Crippen LogP contribution in [0.1, 0.15) is 18.4 Å². The number of nitrogens with zero attached hydrogens (tertiary/aromatic N) is 2. The molecule has 2 rings (SSSR count). The summed E-state index contributed by atoms with van der Waals surface area (Å²) in [6, 6.07) is 3.88. The van der Waals surface area contributed by atoms with Crippen molar-refractivity contribution in [1.29, 1.82) is 0 Å². The van der Waals surface area contributed by atoms with Gasteiger partial charge in [0.05, 0.1) is 12.0 Å². The van der Waals surface area contributed by atoms with Gasteiger partial charge in [-0.3, -0.25) is 9.78 Å². The number of hydrogen-bond donors (Lipinski definition) is 1. The van der Waals surface area contributed by atoms with E-state index in [0.717, 1.165) is 31.5 Å². The van der Waals surface area contributed by atoms with Crippen LogP contribution in [-0.2, 0) is 16.1 Å². The van der Waals surface area contributed by atoms with Crippen molar-refractivity contribution >= 4 is 5.91 Å². The highest BCUT2D eigenvalue weighted by Crippen LogP contribution is 2.31. The molecule has 0 aliphatic carbocycles. The number of aromatic nitrogens is 1. The summed E-state index contributed by atoms with van der Waals surface area (Å²) < 4.78 is 5.32. The number of piperidine rings is 1. The van der Waals surface area contributed by atoms with Crippen molar-refractivity contribution < 1.29 is 9.53 Å². The average Bonchev–Trinajstić information content (AvgIpc) is 2.48. The predicted molar refractivity (Wildman–Crippen MR) is 77.1 cm³/mol. The lowest BCUT2D eigenvalue weighted by Crippen LogP contribution is -2.50. The molecule has 110 valence electrons. The molecule has 1 aromatic rings. The zero-order valence-corrected chi connectivity index (χ0v) is 12.3. The van der Waals surface area contributed by atoms with E-state index in [2.05, 4.69) is 10.3 Å². The fourth-order valence-electron chi connectivity index (χ4n) is 2.84. The van der Waals surface area contributed by atoms with Gasteiger partial charge in [0.2, 0.25) is 5.91 Å². The van der Waals surface area contributed by atoms with Gasteiger partial charge in [-0.1, -0.05) is 0 Å². The molecule has 0 atom stereocenters. The number of amides is 1. The maximum absolute atomic E-state index is 12.8. The Morgan fingerprint density at radius 3 is 2.65 bits per heavy atom. The molecule has 5 nitrogen and oxygen atoms in total. The van der Waals surface area contributed by atoms with Crippen LogP contribution in [0.2, 0.25) is 0 Å². The molecule has 1 saturated heterocycles. The standard InChI is InChI=1S/C15H23N3O2/c1-18(11-13-3-7-16-8-4-13)14(19)15(12-20-2)5-9-17-10-6-15/h3-4,7-8,17H,5-6,9-12H2,1-2H3. The van der Waals surface area contributed by atoms with Crippen LogP contribution in [0.25, 0.3) is 0 Å². The Morgan fingerprint density at radius 2 is 2.05 bits per heavy atom. The van der Waals surface area contributed by atoms with Crippen molar-refractivity contribution in [2.75, 3.05) is 33.9 Å². The van der Waals surface area contributed by atoms with Crippen LogP contribution in [0, 0.1) is 5.41 Å². The summed E-state index contributed by atoms with van der Waals surface area (Å²) in [4.78, 5) is 18.6. The highest BCUT2D eigenvalue weighted by atomic mass is 16.5. The molecule has 2 heterocycles. The van der Waals surface area contributed by atoms with Crippen molar-refractivity contribution in [2.45, 2.75) is 19.4 Å². The van der Waals surface area contributed by atoms with E-state index in [9.17, 15) is 4.79 Å². The van der Waals surface area contributed by atoms with E-state index in [1.54, 1.807) is 24.4 Å². The number of nitrogens with one attached hydrogen (secondary N) is 1. The normalized spacial score (nSPS) is 17.7. The lowest BCUT2D eigenvalue weighted by atomic mass is 9.78. The largest absolute Gasteiger partial charge is 0.384 e. The van der Waals surface area contributed by atoms with E-state index < -0.39 is 0 Å². The quantitative estimate of drug-likeness (QED) is 0.874. The van der Waals surface area contributed by atoms with Crippen molar-refractivity contribution in [2.24, 2.45) is 5.41 Å². The van der Waals surface area contributed by atoms with Crippen LogP contribution in [0.3, 0.4) is 0 Å². The summed E-state index contributed by atoms with van der Waals surface area (Å²) in [5.41, 5.74) is 0.722.